The molecule has 0 bridgehead atoms. The number of benzene rings is 2. The number of carbonyl (C=O) groups excluding carboxylic acids is 1. The number of anilines is 1. The summed E-state index contributed by atoms with van der Waals surface area (Å²) in [4.78, 5) is 31.4. The molecule has 4 aromatic rings. The number of hydrogen-bond donors (Lipinski definition) is 1. The van der Waals surface area contributed by atoms with Crippen LogP contribution in [0.5, 0.6) is 0 Å². The van der Waals surface area contributed by atoms with E-state index in [0.29, 0.717) is 20.9 Å². The Hall–Kier alpha value is -2.96. The lowest BCUT2D eigenvalue weighted by Crippen LogP contribution is -2.31. The van der Waals surface area contributed by atoms with Gasteiger partial charge in [-0.05, 0) is 62.1 Å². The van der Waals surface area contributed by atoms with Gasteiger partial charge in [0.15, 0.2) is 0 Å². The zero-order chi connectivity index (χ0) is 22.3. The molecule has 0 aliphatic heterocycles. The summed E-state index contributed by atoms with van der Waals surface area (Å²) in [5.41, 5.74) is 5.44. The number of halogens is 1. The summed E-state index contributed by atoms with van der Waals surface area (Å²) < 4.78 is 1.38. The first kappa shape index (κ1) is 21.3. The third kappa shape index (κ3) is 4.01. The molecule has 7 heteroatoms. The minimum atomic E-state index is -0.740. The Kier molecular flexibility index (Phi) is 5.69. The van der Waals surface area contributed by atoms with Gasteiger partial charge in [0.1, 0.15) is 10.9 Å². The van der Waals surface area contributed by atoms with Crippen molar-refractivity contribution < 1.29 is 4.79 Å². The van der Waals surface area contributed by atoms with Crippen LogP contribution in [0.15, 0.2) is 52.9 Å². The minimum Gasteiger partial charge on any atom is -0.324 e. The lowest BCUT2D eigenvalue weighted by molar-refractivity contribution is -0.118. The second kappa shape index (κ2) is 8.29. The molecule has 1 amide bonds. The van der Waals surface area contributed by atoms with Gasteiger partial charge in [-0.3, -0.25) is 14.2 Å². The smallest absolute Gasteiger partial charge is 0.263 e. The van der Waals surface area contributed by atoms with Crippen molar-refractivity contribution in [1.29, 1.82) is 0 Å². The molecule has 1 N–H and O–H groups in total. The Morgan fingerprint density at radius 2 is 1.84 bits per heavy atom. The van der Waals surface area contributed by atoms with Crippen molar-refractivity contribution in [3.8, 4) is 11.1 Å². The first-order valence-corrected chi connectivity index (χ1v) is 11.1. The number of thiophene rings is 1. The first-order valence-electron chi connectivity index (χ1n) is 9.89. The minimum absolute atomic E-state index is 0.232. The highest BCUT2D eigenvalue weighted by atomic mass is 35.5. The molecule has 0 radical (unpaired) electrons. The molecule has 0 spiro atoms. The van der Waals surface area contributed by atoms with E-state index in [4.69, 9.17) is 11.6 Å². The van der Waals surface area contributed by atoms with Gasteiger partial charge < -0.3 is 5.32 Å². The van der Waals surface area contributed by atoms with Crippen molar-refractivity contribution in [3.05, 3.63) is 80.2 Å². The Labute approximate surface area is 189 Å². The summed E-state index contributed by atoms with van der Waals surface area (Å²) in [6.45, 7) is 7.68. The van der Waals surface area contributed by atoms with E-state index in [1.807, 2.05) is 37.4 Å². The quantitative estimate of drug-likeness (QED) is 0.420. The molecule has 0 saturated heterocycles. The summed E-state index contributed by atoms with van der Waals surface area (Å²) in [5, 5.41) is 5.89. The van der Waals surface area contributed by atoms with Crippen LogP contribution in [0.1, 0.15) is 29.7 Å². The maximum Gasteiger partial charge on any atom is 0.263 e. The summed E-state index contributed by atoms with van der Waals surface area (Å²) in [6, 6.07) is 10.7. The van der Waals surface area contributed by atoms with Crippen molar-refractivity contribution in [1.82, 2.24) is 9.55 Å². The number of rotatable bonds is 4. The Balaban J connectivity index is 1.73. The average molecular weight is 452 g/mol. The number of nitrogens with zero attached hydrogens (tertiary/aromatic N) is 2. The van der Waals surface area contributed by atoms with Gasteiger partial charge in [-0.25, -0.2) is 4.98 Å². The van der Waals surface area contributed by atoms with E-state index in [0.717, 1.165) is 22.3 Å². The number of nitrogens with one attached hydrogen (secondary N) is 1. The third-order valence-electron chi connectivity index (χ3n) is 5.59. The molecule has 1 unspecified atom stereocenters. The molecule has 0 saturated carbocycles. The van der Waals surface area contributed by atoms with Gasteiger partial charge in [0.25, 0.3) is 5.56 Å². The molecule has 4 rings (SSSR count). The predicted octanol–water partition coefficient (Wildman–Crippen LogP) is 5.90. The van der Waals surface area contributed by atoms with E-state index < -0.39 is 6.04 Å². The summed E-state index contributed by atoms with van der Waals surface area (Å²) in [7, 11) is 0. The maximum absolute atomic E-state index is 13.4. The molecule has 2 heterocycles. The van der Waals surface area contributed by atoms with Crippen molar-refractivity contribution in [2.45, 2.75) is 33.7 Å². The topological polar surface area (TPSA) is 64.0 Å². The van der Waals surface area contributed by atoms with Crippen LogP contribution in [-0.2, 0) is 4.79 Å². The molecule has 1 atom stereocenters. The van der Waals surface area contributed by atoms with Gasteiger partial charge in [0, 0.05) is 21.7 Å². The van der Waals surface area contributed by atoms with Gasteiger partial charge in [-0.2, -0.15) is 0 Å². The monoisotopic (exact) mass is 451 g/mol. The van der Waals surface area contributed by atoms with E-state index >= 15 is 0 Å². The van der Waals surface area contributed by atoms with Crippen molar-refractivity contribution in [2.75, 3.05) is 5.32 Å². The second-order valence-corrected chi connectivity index (χ2v) is 9.00. The number of hydrogen-bond acceptors (Lipinski definition) is 4. The summed E-state index contributed by atoms with van der Waals surface area (Å²) in [5.74, 6) is -0.309. The van der Waals surface area contributed by atoms with Gasteiger partial charge in [0.2, 0.25) is 5.91 Å². The Morgan fingerprint density at radius 1 is 1.10 bits per heavy atom. The van der Waals surface area contributed by atoms with E-state index in [1.54, 1.807) is 19.1 Å². The zero-order valence-corrected chi connectivity index (χ0v) is 19.3. The molecule has 2 aromatic heterocycles. The van der Waals surface area contributed by atoms with Gasteiger partial charge in [-0.15, -0.1) is 11.3 Å². The molecule has 31 heavy (non-hydrogen) atoms. The number of amides is 1. The van der Waals surface area contributed by atoms with E-state index in [9.17, 15) is 9.59 Å². The van der Waals surface area contributed by atoms with Crippen molar-refractivity contribution in [3.63, 3.8) is 0 Å². The molecule has 0 aliphatic carbocycles. The molecule has 158 valence electrons. The second-order valence-electron chi connectivity index (χ2n) is 7.71. The number of aryl methyl sites for hydroxylation is 3. The van der Waals surface area contributed by atoms with E-state index in [2.05, 4.69) is 23.3 Å². The van der Waals surface area contributed by atoms with Gasteiger partial charge >= 0.3 is 0 Å². The third-order valence-corrected chi connectivity index (χ3v) is 6.71. The number of carbonyl (C=O) groups is 1. The van der Waals surface area contributed by atoms with Crippen LogP contribution in [0.25, 0.3) is 21.3 Å². The fourth-order valence-corrected chi connectivity index (χ4v) is 4.51. The fourth-order valence-electron chi connectivity index (χ4n) is 3.44. The predicted molar refractivity (Wildman–Crippen MR) is 128 cm³/mol. The highest BCUT2D eigenvalue weighted by Gasteiger charge is 2.21. The zero-order valence-electron chi connectivity index (χ0n) is 17.7. The van der Waals surface area contributed by atoms with Gasteiger partial charge in [-0.1, -0.05) is 35.9 Å². The van der Waals surface area contributed by atoms with Crippen LogP contribution >= 0.6 is 22.9 Å². The molecule has 0 aliphatic rings. The average Bonchev–Trinajstić information content (AvgIpc) is 3.17. The van der Waals surface area contributed by atoms with Crippen LogP contribution < -0.4 is 10.9 Å². The van der Waals surface area contributed by atoms with Crippen LogP contribution in [0.3, 0.4) is 0 Å². The highest BCUT2D eigenvalue weighted by molar-refractivity contribution is 7.17. The largest absolute Gasteiger partial charge is 0.324 e. The standard InChI is InChI=1S/C24H22ClN3O2S/c1-13-5-7-17(9-15(13)3)19-11-31-23-21(19)24(30)28(12-26-23)16(4)22(29)27-20-10-18(25)8-6-14(20)2/h5-12,16H,1-4H3,(H,27,29). The van der Waals surface area contributed by atoms with Crippen LogP contribution in [0.2, 0.25) is 5.02 Å². The summed E-state index contributed by atoms with van der Waals surface area (Å²) >= 11 is 7.48. The van der Waals surface area contributed by atoms with E-state index in [-0.39, 0.29) is 11.5 Å². The van der Waals surface area contributed by atoms with Crippen LogP contribution in [-0.4, -0.2) is 15.5 Å². The molecular formula is C24H22ClN3O2S. The van der Waals surface area contributed by atoms with Crippen LogP contribution in [0.4, 0.5) is 5.69 Å². The van der Waals surface area contributed by atoms with Crippen molar-refractivity contribution in [2.24, 2.45) is 0 Å². The lowest BCUT2D eigenvalue weighted by Gasteiger charge is -2.16. The van der Waals surface area contributed by atoms with Crippen molar-refractivity contribution >= 4 is 44.7 Å². The Morgan fingerprint density at radius 3 is 2.58 bits per heavy atom. The maximum atomic E-state index is 13.4. The molecule has 2 aromatic carbocycles. The summed E-state index contributed by atoms with van der Waals surface area (Å²) in [6.07, 6.45) is 1.44. The normalized spacial score (nSPS) is 12.2. The Bertz CT molecular complexity index is 1370. The lowest BCUT2D eigenvalue weighted by atomic mass is 10.0. The van der Waals surface area contributed by atoms with Gasteiger partial charge in [0.05, 0.1) is 11.7 Å². The molecule has 5 nitrogen and oxygen atoms in total. The SMILES string of the molecule is Cc1ccc(-c2csc3ncn(C(C)C(=O)Nc4cc(Cl)ccc4C)c(=O)c23)cc1C. The fraction of sp³-hybridized carbons (Fsp3) is 0.208. The highest BCUT2D eigenvalue weighted by Crippen LogP contribution is 2.32. The van der Waals surface area contributed by atoms with Crippen LogP contribution in [0, 0.1) is 20.8 Å². The number of aromatic nitrogens is 2. The molecule has 0 fully saturated rings. The number of fused-ring (bicyclic) bond motifs is 1. The molecular weight excluding hydrogens is 430 g/mol. The van der Waals surface area contributed by atoms with E-state index in [1.165, 1.54) is 27.8 Å². The first-order chi connectivity index (χ1) is 14.8.